The van der Waals surface area contributed by atoms with Crippen LogP contribution in [0.5, 0.6) is 0 Å². The third-order valence-corrected chi connectivity index (χ3v) is 3.95. The SMILES string of the molecule is CCCc1ccc2c(Cl)cccc2c1N1C(=O)C=CC1=O. The molecule has 0 radical (unpaired) electrons. The fourth-order valence-corrected chi connectivity index (χ4v) is 2.94. The van der Waals surface area contributed by atoms with Gasteiger partial charge in [-0.1, -0.05) is 49.2 Å². The number of benzene rings is 2. The number of rotatable bonds is 3. The number of hydrogen-bond acceptors (Lipinski definition) is 2. The lowest BCUT2D eigenvalue weighted by Gasteiger charge is -2.21. The van der Waals surface area contributed by atoms with E-state index in [1.165, 1.54) is 17.1 Å². The Bertz CT molecular complexity index is 762. The molecule has 0 spiro atoms. The molecule has 2 aromatic rings. The van der Waals surface area contributed by atoms with E-state index in [0.717, 1.165) is 29.2 Å². The summed E-state index contributed by atoms with van der Waals surface area (Å²) in [5, 5.41) is 2.30. The molecule has 0 bridgehead atoms. The van der Waals surface area contributed by atoms with E-state index in [9.17, 15) is 9.59 Å². The topological polar surface area (TPSA) is 37.4 Å². The van der Waals surface area contributed by atoms with E-state index < -0.39 is 0 Å². The van der Waals surface area contributed by atoms with Gasteiger partial charge in [0.1, 0.15) is 0 Å². The van der Waals surface area contributed by atoms with Crippen molar-refractivity contribution in [3.8, 4) is 0 Å². The normalized spacial score (nSPS) is 14.5. The van der Waals surface area contributed by atoms with Crippen molar-refractivity contribution in [2.24, 2.45) is 0 Å². The van der Waals surface area contributed by atoms with Crippen molar-refractivity contribution < 1.29 is 9.59 Å². The van der Waals surface area contributed by atoms with E-state index in [4.69, 9.17) is 11.6 Å². The predicted molar refractivity (Wildman–Crippen MR) is 84.6 cm³/mol. The highest BCUT2D eigenvalue weighted by Crippen LogP contribution is 2.36. The maximum absolute atomic E-state index is 12.1. The first kappa shape index (κ1) is 13.8. The molecule has 106 valence electrons. The van der Waals surface area contributed by atoms with Crippen LogP contribution in [0.3, 0.4) is 0 Å². The molecule has 4 heteroatoms. The maximum Gasteiger partial charge on any atom is 0.258 e. The van der Waals surface area contributed by atoms with Gasteiger partial charge in [0.2, 0.25) is 0 Å². The second-order valence-corrected chi connectivity index (χ2v) is 5.41. The third-order valence-electron chi connectivity index (χ3n) is 3.62. The quantitative estimate of drug-likeness (QED) is 0.807. The van der Waals surface area contributed by atoms with Crippen LogP contribution in [0.4, 0.5) is 5.69 Å². The predicted octanol–water partition coefficient (Wildman–Crippen LogP) is 3.88. The first-order valence-electron chi connectivity index (χ1n) is 6.89. The molecule has 2 aromatic carbocycles. The summed E-state index contributed by atoms with van der Waals surface area (Å²) in [6, 6.07) is 9.44. The molecular formula is C17H14ClNO2. The second kappa shape index (κ2) is 5.34. The number of imide groups is 1. The zero-order valence-corrected chi connectivity index (χ0v) is 12.4. The van der Waals surface area contributed by atoms with Crippen molar-refractivity contribution in [3.63, 3.8) is 0 Å². The van der Waals surface area contributed by atoms with Crippen molar-refractivity contribution in [3.05, 3.63) is 53.1 Å². The number of aryl methyl sites for hydroxylation is 1. The highest BCUT2D eigenvalue weighted by molar-refractivity contribution is 6.37. The first-order valence-corrected chi connectivity index (χ1v) is 7.27. The highest BCUT2D eigenvalue weighted by Gasteiger charge is 2.28. The molecule has 1 heterocycles. The number of nitrogens with zero attached hydrogens (tertiary/aromatic N) is 1. The molecule has 0 saturated carbocycles. The van der Waals surface area contributed by atoms with Gasteiger partial charge in [0, 0.05) is 27.9 Å². The number of hydrogen-bond donors (Lipinski definition) is 0. The van der Waals surface area contributed by atoms with Crippen LogP contribution in [-0.2, 0) is 16.0 Å². The van der Waals surface area contributed by atoms with Gasteiger partial charge in [-0.2, -0.15) is 0 Å². The molecule has 0 atom stereocenters. The molecule has 2 amide bonds. The lowest BCUT2D eigenvalue weighted by Crippen LogP contribution is -2.30. The van der Waals surface area contributed by atoms with Crippen LogP contribution >= 0.6 is 11.6 Å². The zero-order chi connectivity index (χ0) is 15.0. The van der Waals surface area contributed by atoms with Crippen LogP contribution in [0.1, 0.15) is 18.9 Å². The second-order valence-electron chi connectivity index (χ2n) is 5.00. The number of fused-ring (bicyclic) bond motifs is 1. The highest BCUT2D eigenvalue weighted by atomic mass is 35.5. The molecular weight excluding hydrogens is 286 g/mol. The Hall–Kier alpha value is -2.13. The van der Waals surface area contributed by atoms with Crippen LogP contribution < -0.4 is 4.90 Å². The Balaban J connectivity index is 2.31. The fourth-order valence-electron chi connectivity index (χ4n) is 2.70. The average molecular weight is 300 g/mol. The standard InChI is InChI=1S/C17H14ClNO2/c1-2-4-11-7-8-12-13(5-3-6-14(12)18)17(11)19-15(20)9-10-16(19)21/h3,5-10H,2,4H2,1H3. The van der Waals surface area contributed by atoms with Gasteiger partial charge < -0.3 is 0 Å². The molecule has 1 aliphatic rings. The molecule has 0 N–H and O–H groups in total. The van der Waals surface area contributed by atoms with Crippen LogP contribution in [0.15, 0.2) is 42.5 Å². The minimum Gasteiger partial charge on any atom is -0.269 e. The molecule has 1 aliphatic heterocycles. The van der Waals surface area contributed by atoms with E-state index in [1.807, 2.05) is 24.3 Å². The molecule has 3 rings (SSSR count). The van der Waals surface area contributed by atoms with Crippen LogP contribution in [0.25, 0.3) is 10.8 Å². The van der Waals surface area contributed by atoms with Crippen molar-refractivity contribution >= 4 is 39.9 Å². The van der Waals surface area contributed by atoms with Gasteiger partial charge in [-0.15, -0.1) is 0 Å². The van der Waals surface area contributed by atoms with Crippen molar-refractivity contribution in [2.75, 3.05) is 4.90 Å². The van der Waals surface area contributed by atoms with Gasteiger partial charge in [0.15, 0.2) is 0 Å². The van der Waals surface area contributed by atoms with E-state index in [2.05, 4.69) is 6.92 Å². The summed E-state index contributed by atoms with van der Waals surface area (Å²) >= 11 is 6.23. The fraction of sp³-hybridized carbons (Fsp3) is 0.176. The average Bonchev–Trinajstić information content (AvgIpc) is 2.79. The van der Waals surface area contributed by atoms with Crippen molar-refractivity contribution in [2.45, 2.75) is 19.8 Å². The molecule has 21 heavy (non-hydrogen) atoms. The van der Waals surface area contributed by atoms with E-state index in [0.29, 0.717) is 10.7 Å². The Labute approximate surface area is 127 Å². The van der Waals surface area contributed by atoms with Gasteiger partial charge in [-0.25, -0.2) is 4.90 Å². The number of carbonyl (C=O) groups excluding carboxylic acids is 2. The Morgan fingerprint density at radius 2 is 1.71 bits per heavy atom. The molecule has 0 aliphatic carbocycles. The number of carbonyl (C=O) groups is 2. The summed E-state index contributed by atoms with van der Waals surface area (Å²) in [7, 11) is 0. The zero-order valence-electron chi connectivity index (χ0n) is 11.6. The van der Waals surface area contributed by atoms with Crippen molar-refractivity contribution in [1.82, 2.24) is 0 Å². The van der Waals surface area contributed by atoms with Crippen LogP contribution in [0.2, 0.25) is 5.02 Å². The smallest absolute Gasteiger partial charge is 0.258 e. The summed E-state index contributed by atoms with van der Waals surface area (Å²) in [6.07, 6.45) is 4.35. The van der Waals surface area contributed by atoms with Gasteiger partial charge in [0.25, 0.3) is 11.8 Å². The van der Waals surface area contributed by atoms with E-state index >= 15 is 0 Å². The largest absolute Gasteiger partial charge is 0.269 e. The molecule has 0 fully saturated rings. The van der Waals surface area contributed by atoms with Crippen LogP contribution in [0, 0.1) is 0 Å². The summed E-state index contributed by atoms with van der Waals surface area (Å²) in [4.78, 5) is 25.4. The number of amides is 2. The summed E-state index contributed by atoms with van der Waals surface area (Å²) in [5.74, 6) is -0.602. The molecule has 0 aromatic heterocycles. The monoisotopic (exact) mass is 299 g/mol. The molecule has 3 nitrogen and oxygen atoms in total. The Kier molecular flexibility index (Phi) is 3.52. The molecule has 0 saturated heterocycles. The van der Waals surface area contributed by atoms with Gasteiger partial charge in [-0.05, 0) is 18.1 Å². The minimum atomic E-state index is -0.301. The maximum atomic E-state index is 12.1. The van der Waals surface area contributed by atoms with E-state index in [-0.39, 0.29) is 11.8 Å². The van der Waals surface area contributed by atoms with Gasteiger partial charge in [0.05, 0.1) is 5.69 Å². The lowest BCUT2D eigenvalue weighted by atomic mass is 10.00. The Morgan fingerprint density at radius 3 is 2.38 bits per heavy atom. The molecule has 0 unspecified atom stereocenters. The summed E-state index contributed by atoms with van der Waals surface area (Å²) in [6.45, 7) is 2.07. The lowest BCUT2D eigenvalue weighted by molar-refractivity contribution is -0.119. The summed E-state index contributed by atoms with van der Waals surface area (Å²) < 4.78 is 0. The summed E-state index contributed by atoms with van der Waals surface area (Å²) in [5.41, 5.74) is 1.65. The number of halogens is 1. The van der Waals surface area contributed by atoms with Gasteiger partial charge >= 0.3 is 0 Å². The van der Waals surface area contributed by atoms with E-state index in [1.54, 1.807) is 6.07 Å². The van der Waals surface area contributed by atoms with Crippen molar-refractivity contribution in [1.29, 1.82) is 0 Å². The minimum absolute atomic E-state index is 0.301. The third kappa shape index (κ3) is 2.24. The van der Waals surface area contributed by atoms with Gasteiger partial charge in [-0.3, -0.25) is 9.59 Å². The van der Waals surface area contributed by atoms with Crippen LogP contribution in [-0.4, -0.2) is 11.8 Å². The first-order chi connectivity index (χ1) is 10.1. The Morgan fingerprint density at radius 1 is 1.00 bits per heavy atom. The number of anilines is 1.